The van der Waals surface area contributed by atoms with Gasteiger partial charge in [0.15, 0.2) is 0 Å². The third-order valence-corrected chi connectivity index (χ3v) is 7.08. The summed E-state index contributed by atoms with van der Waals surface area (Å²) in [6.45, 7) is 9.50. The summed E-state index contributed by atoms with van der Waals surface area (Å²) < 4.78 is 0. The van der Waals surface area contributed by atoms with Crippen LogP contribution in [0.3, 0.4) is 0 Å². The number of amides is 1. The summed E-state index contributed by atoms with van der Waals surface area (Å²) in [5.41, 5.74) is 12.2. The van der Waals surface area contributed by atoms with Gasteiger partial charge in [0.05, 0.1) is 18.4 Å². The normalized spacial score (nSPS) is 17.6. The van der Waals surface area contributed by atoms with E-state index in [1.807, 2.05) is 30.5 Å². The van der Waals surface area contributed by atoms with E-state index < -0.39 is 0 Å². The molecule has 3 aromatic rings. The van der Waals surface area contributed by atoms with E-state index in [2.05, 4.69) is 64.1 Å². The van der Waals surface area contributed by atoms with Gasteiger partial charge < -0.3 is 16.0 Å². The number of nitrogens with zero attached hydrogens (tertiary/aromatic N) is 4. The summed E-state index contributed by atoms with van der Waals surface area (Å²) in [5.74, 6) is 1.01. The predicted octanol–water partition coefficient (Wildman–Crippen LogP) is 4.45. The average Bonchev–Trinajstić information content (AvgIpc) is 3.02. The Hall–Kier alpha value is -3.45. The van der Waals surface area contributed by atoms with Crippen molar-refractivity contribution in [1.82, 2.24) is 14.9 Å². The van der Waals surface area contributed by atoms with Crippen molar-refractivity contribution in [3.05, 3.63) is 66.1 Å². The fourth-order valence-corrected chi connectivity index (χ4v) is 5.03. The van der Waals surface area contributed by atoms with Crippen LogP contribution in [0.1, 0.15) is 44.9 Å². The Morgan fingerprint density at radius 2 is 1.80 bits per heavy atom. The highest BCUT2D eigenvalue weighted by molar-refractivity contribution is 5.93. The Bertz CT molecular complexity index is 1230. The van der Waals surface area contributed by atoms with Crippen LogP contribution in [-0.4, -0.2) is 46.5 Å². The molecule has 0 radical (unpaired) electrons. The first-order valence-electron chi connectivity index (χ1n) is 12.4. The molecule has 0 unspecified atom stereocenters. The highest BCUT2D eigenvalue weighted by atomic mass is 16.2. The standard InChI is InChI=1S/C28H34N6O/c1-28(2,3)25-14-19(8-11-30-25)22-15-26(31-16-23(22)29)33-12-9-21(10-13-33)34-17-20-6-4-5-7-24(20)32-27(35)18-34/h4-8,11,14-16,21H,9-10,12-13,17-18,29H2,1-3H3,(H,32,35). The first kappa shape index (κ1) is 23.3. The van der Waals surface area contributed by atoms with E-state index in [0.717, 1.165) is 60.8 Å². The number of pyridine rings is 2. The largest absolute Gasteiger partial charge is 0.397 e. The highest BCUT2D eigenvalue weighted by Crippen LogP contribution is 2.33. The molecule has 1 fully saturated rings. The molecule has 1 amide bonds. The lowest BCUT2D eigenvalue weighted by Crippen LogP contribution is -2.46. The van der Waals surface area contributed by atoms with Crippen molar-refractivity contribution < 1.29 is 4.79 Å². The Kier molecular flexibility index (Phi) is 6.19. The van der Waals surface area contributed by atoms with Gasteiger partial charge >= 0.3 is 0 Å². The maximum absolute atomic E-state index is 12.5. The number of nitrogens with one attached hydrogen (secondary N) is 1. The van der Waals surface area contributed by atoms with Gasteiger partial charge in [-0.3, -0.25) is 14.7 Å². The zero-order valence-corrected chi connectivity index (χ0v) is 20.8. The fourth-order valence-electron chi connectivity index (χ4n) is 5.03. The van der Waals surface area contributed by atoms with Crippen LogP contribution in [0, 0.1) is 0 Å². The van der Waals surface area contributed by atoms with Gasteiger partial charge in [-0.05, 0) is 48.2 Å². The number of nitrogens with two attached hydrogens (primary N) is 1. The Balaban J connectivity index is 1.31. The average molecular weight is 471 g/mol. The lowest BCUT2D eigenvalue weighted by Gasteiger charge is -2.38. The molecule has 7 heteroatoms. The summed E-state index contributed by atoms with van der Waals surface area (Å²) >= 11 is 0. The van der Waals surface area contributed by atoms with E-state index in [1.54, 1.807) is 6.20 Å². The van der Waals surface area contributed by atoms with Crippen LogP contribution < -0.4 is 16.0 Å². The van der Waals surface area contributed by atoms with Gasteiger partial charge in [0, 0.05) is 54.2 Å². The second-order valence-corrected chi connectivity index (χ2v) is 10.6. The molecule has 1 aromatic carbocycles. The van der Waals surface area contributed by atoms with E-state index in [0.29, 0.717) is 18.3 Å². The molecule has 5 rings (SSSR count). The van der Waals surface area contributed by atoms with Crippen LogP contribution in [0.2, 0.25) is 0 Å². The van der Waals surface area contributed by atoms with Crippen LogP contribution in [0.15, 0.2) is 54.9 Å². The van der Waals surface area contributed by atoms with Crippen LogP contribution in [0.4, 0.5) is 17.2 Å². The van der Waals surface area contributed by atoms with E-state index >= 15 is 0 Å². The second-order valence-electron chi connectivity index (χ2n) is 10.6. The van der Waals surface area contributed by atoms with E-state index in [1.165, 1.54) is 5.56 Å². The van der Waals surface area contributed by atoms with Gasteiger partial charge in [-0.25, -0.2) is 4.98 Å². The number of para-hydroxylation sites is 1. The van der Waals surface area contributed by atoms with Gasteiger partial charge in [0.25, 0.3) is 0 Å². The Labute approximate surface area is 207 Å². The first-order chi connectivity index (χ1) is 16.8. The van der Waals surface area contributed by atoms with Crippen LogP contribution in [-0.2, 0) is 16.8 Å². The number of nitrogen functional groups attached to an aromatic ring is 1. The van der Waals surface area contributed by atoms with Crippen molar-refractivity contribution in [3.63, 3.8) is 0 Å². The number of carbonyl (C=O) groups is 1. The predicted molar refractivity (Wildman–Crippen MR) is 141 cm³/mol. The molecule has 0 saturated carbocycles. The van der Waals surface area contributed by atoms with Crippen LogP contribution in [0.25, 0.3) is 11.1 Å². The molecule has 7 nitrogen and oxygen atoms in total. The first-order valence-corrected chi connectivity index (χ1v) is 12.4. The quantitative estimate of drug-likeness (QED) is 0.588. The molecule has 0 bridgehead atoms. The molecule has 2 aromatic heterocycles. The molecule has 182 valence electrons. The fraction of sp³-hybridized carbons (Fsp3) is 0.393. The molecular weight excluding hydrogens is 436 g/mol. The van der Waals surface area contributed by atoms with Crippen molar-refractivity contribution >= 4 is 23.1 Å². The summed E-state index contributed by atoms with van der Waals surface area (Å²) in [6, 6.07) is 14.7. The number of aromatic nitrogens is 2. The molecular formula is C28H34N6O. The van der Waals surface area contributed by atoms with Gasteiger partial charge in [-0.1, -0.05) is 39.0 Å². The number of hydrogen-bond donors (Lipinski definition) is 2. The number of benzene rings is 1. The number of hydrogen-bond acceptors (Lipinski definition) is 6. The minimum absolute atomic E-state index is 0.0345. The molecule has 2 aliphatic heterocycles. The zero-order valence-electron chi connectivity index (χ0n) is 20.8. The molecule has 0 aliphatic carbocycles. The highest BCUT2D eigenvalue weighted by Gasteiger charge is 2.29. The molecule has 1 saturated heterocycles. The third-order valence-electron chi connectivity index (χ3n) is 7.08. The van der Waals surface area contributed by atoms with Gasteiger partial charge in [-0.15, -0.1) is 0 Å². The van der Waals surface area contributed by atoms with E-state index in [-0.39, 0.29) is 11.3 Å². The van der Waals surface area contributed by atoms with Crippen LogP contribution in [0.5, 0.6) is 0 Å². The monoisotopic (exact) mass is 470 g/mol. The summed E-state index contributed by atoms with van der Waals surface area (Å²) in [5, 5.41) is 3.05. The maximum Gasteiger partial charge on any atom is 0.238 e. The summed E-state index contributed by atoms with van der Waals surface area (Å²) in [4.78, 5) is 26.4. The van der Waals surface area contributed by atoms with Gasteiger partial charge in [0.1, 0.15) is 5.82 Å². The second kappa shape index (κ2) is 9.30. The SMILES string of the molecule is CC(C)(C)c1cc(-c2cc(N3CCC(N4CC(=O)Nc5ccccc5C4)CC3)ncc2N)ccn1. The lowest BCUT2D eigenvalue weighted by atomic mass is 9.90. The molecule has 4 heterocycles. The minimum Gasteiger partial charge on any atom is -0.397 e. The number of anilines is 3. The van der Waals surface area contributed by atoms with Crippen molar-refractivity contribution in [2.75, 3.05) is 35.6 Å². The van der Waals surface area contributed by atoms with E-state index in [9.17, 15) is 4.79 Å². The molecule has 2 aliphatic rings. The van der Waals surface area contributed by atoms with Gasteiger partial charge in [0.2, 0.25) is 5.91 Å². The number of carbonyl (C=O) groups excluding carboxylic acids is 1. The molecule has 35 heavy (non-hydrogen) atoms. The third kappa shape index (κ3) is 5.00. The van der Waals surface area contributed by atoms with Crippen molar-refractivity contribution in [2.24, 2.45) is 0 Å². The Morgan fingerprint density at radius 3 is 2.57 bits per heavy atom. The number of piperidine rings is 1. The maximum atomic E-state index is 12.5. The number of rotatable bonds is 3. The molecule has 0 spiro atoms. The van der Waals surface area contributed by atoms with Crippen molar-refractivity contribution in [2.45, 2.75) is 51.6 Å². The molecule has 0 atom stereocenters. The zero-order chi connectivity index (χ0) is 24.6. The van der Waals surface area contributed by atoms with Gasteiger partial charge in [-0.2, -0.15) is 0 Å². The lowest BCUT2D eigenvalue weighted by molar-refractivity contribution is -0.117. The summed E-state index contributed by atoms with van der Waals surface area (Å²) in [7, 11) is 0. The summed E-state index contributed by atoms with van der Waals surface area (Å²) in [6.07, 6.45) is 5.60. The topological polar surface area (TPSA) is 87.4 Å². The van der Waals surface area contributed by atoms with Crippen LogP contribution >= 0.6 is 0 Å². The smallest absolute Gasteiger partial charge is 0.238 e. The number of fused-ring (bicyclic) bond motifs is 1. The molecule has 3 N–H and O–H groups in total. The van der Waals surface area contributed by atoms with Crippen molar-refractivity contribution in [3.8, 4) is 11.1 Å². The minimum atomic E-state index is -0.0345. The Morgan fingerprint density at radius 1 is 1.03 bits per heavy atom. The van der Waals surface area contributed by atoms with E-state index in [4.69, 9.17) is 5.73 Å². The van der Waals surface area contributed by atoms with Crippen molar-refractivity contribution in [1.29, 1.82) is 0 Å².